The fourth-order valence-corrected chi connectivity index (χ4v) is 6.88. The molecule has 9 heteroatoms. The molecule has 0 radical (unpaired) electrons. The van der Waals surface area contributed by atoms with Crippen LogP contribution < -0.4 is 9.47 Å². The predicted molar refractivity (Wildman–Crippen MR) is 154 cm³/mol. The van der Waals surface area contributed by atoms with Crippen molar-refractivity contribution in [1.29, 1.82) is 0 Å². The lowest BCUT2D eigenvalue weighted by atomic mass is 9.95. The van der Waals surface area contributed by atoms with Gasteiger partial charge in [0.2, 0.25) is 0 Å². The number of benzene rings is 1. The summed E-state index contributed by atoms with van der Waals surface area (Å²) in [6.45, 7) is 15.2. The Balaban J connectivity index is 1.88. The van der Waals surface area contributed by atoms with Gasteiger partial charge in [-0.15, -0.1) is 11.3 Å². The lowest BCUT2D eigenvalue weighted by Crippen LogP contribution is -2.34. The topological polar surface area (TPSA) is 72.5 Å². The van der Waals surface area contributed by atoms with Gasteiger partial charge in [0.15, 0.2) is 6.29 Å². The molecule has 0 atom stereocenters. The zero-order valence-corrected chi connectivity index (χ0v) is 25.3. The highest BCUT2D eigenvalue weighted by molar-refractivity contribution is 7.53. The van der Waals surface area contributed by atoms with E-state index in [0.29, 0.717) is 39.6 Å². The van der Waals surface area contributed by atoms with Gasteiger partial charge in [-0.1, -0.05) is 27.7 Å². The molecule has 1 aliphatic rings. The third-order valence-electron chi connectivity index (χ3n) is 5.68. The van der Waals surface area contributed by atoms with E-state index in [1.54, 1.807) is 11.3 Å². The van der Waals surface area contributed by atoms with Crippen LogP contribution in [0, 0.1) is 5.41 Å². The molecule has 1 aromatic heterocycles. The average molecular weight is 567 g/mol. The third-order valence-corrected chi connectivity index (χ3v) is 8.98. The lowest BCUT2D eigenvalue weighted by molar-refractivity contribution is -0.226. The average Bonchev–Trinajstić information content (AvgIpc) is 3.32. The highest BCUT2D eigenvalue weighted by atomic mass is 32.1. The van der Waals surface area contributed by atoms with Gasteiger partial charge in [-0.2, -0.15) is 0 Å². The Morgan fingerprint density at radius 2 is 1.58 bits per heavy atom. The summed E-state index contributed by atoms with van der Waals surface area (Å²) in [6, 6.07) is 7.98. The van der Waals surface area contributed by atoms with Gasteiger partial charge in [0.1, 0.15) is 11.5 Å². The molecule has 1 fully saturated rings. The van der Waals surface area contributed by atoms with Crippen LogP contribution in [0.3, 0.4) is 0 Å². The van der Waals surface area contributed by atoms with Crippen molar-refractivity contribution in [2.45, 2.75) is 66.8 Å². The van der Waals surface area contributed by atoms with E-state index in [-0.39, 0.29) is 11.6 Å². The Morgan fingerprint density at radius 1 is 0.947 bits per heavy atom. The van der Waals surface area contributed by atoms with E-state index in [9.17, 15) is 4.57 Å². The van der Waals surface area contributed by atoms with Crippen molar-refractivity contribution in [2.75, 3.05) is 39.6 Å². The van der Waals surface area contributed by atoms with Gasteiger partial charge >= 0.3 is 7.60 Å². The van der Waals surface area contributed by atoms with Crippen LogP contribution in [0.4, 0.5) is 0 Å². The molecule has 0 amide bonds. The second-order valence-electron chi connectivity index (χ2n) is 9.98. The third kappa shape index (κ3) is 8.94. The number of ether oxygens (including phenoxy) is 4. The van der Waals surface area contributed by atoms with Crippen LogP contribution >= 0.6 is 18.9 Å². The molecule has 3 rings (SSSR count). The molecule has 212 valence electrons. The molecule has 0 spiro atoms. The van der Waals surface area contributed by atoms with Crippen molar-refractivity contribution in [1.82, 2.24) is 0 Å². The van der Waals surface area contributed by atoms with Crippen LogP contribution in [0.15, 0.2) is 24.3 Å². The summed E-state index contributed by atoms with van der Waals surface area (Å²) in [5.41, 5.74) is 1.73. The Bertz CT molecular complexity index is 1070. The first-order valence-corrected chi connectivity index (χ1v) is 16.1. The molecule has 0 bridgehead atoms. The summed E-state index contributed by atoms with van der Waals surface area (Å²) >= 11 is 1.57. The van der Waals surface area contributed by atoms with Crippen LogP contribution in [0.1, 0.15) is 81.6 Å². The second-order valence-corrected chi connectivity index (χ2v) is 13.2. The van der Waals surface area contributed by atoms with Crippen molar-refractivity contribution in [3.63, 3.8) is 0 Å². The van der Waals surface area contributed by atoms with Gasteiger partial charge in [0, 0.05) is 20.7 Å². The molecule has 1 aromatic carbocycles. The first kappa shape index (κ1) is 30.9. The van der Waals surface area contributed by atoms with Gasteiger partial charge in [-0.05, 0) is 63.1 Å². The minimum atomic E-state index is -3.14. The van der Waals surface area contributed by atoms with Crippen LogP contribution in [-0.4, -0.2) is 39.6 Å². The van der Waals surface area contributed by atoms with E-state index in [2.05, 4.69) is 27.7 Å². The van der Waals surface area contributed by atoms with E-state index in [1.165, 1.54) is 0 Å². The van der Waals surface area contributed by atoms with E-state index in [1.807, 2.05) is 50.3 Å². The molecule has 0 aliphatic carbocycles. The summed E-state index contributed by atoms with van der Waals surface area (Å²) in [5.74, 6) is 1.49. The summed E-state index contributed by atoms with van der Waals surface area (Å²) < 4.78 is 48.3. The van der Waals surface area contributed by atoms with Crippen LogP contribution in [0.5, 0.6) is 11.5 Å². The van der Waals surface area contributed by atoms with Gasteiger partial charge in [-0.3, -0.25) is 4.57 Å². The highest BCUT2D eigenvalue weighted by Crippen LogP contribution is 2.52. The molecular weight excluding hydrogens is 523 g/mol. The minimum Gasteiger partial charge on any atom is -0.493 e. The standard InChI is InChI=1S/C29H43O7PS/c1-7-15-31-26-18-25(28-33-20-29(5,6)21-34-28)27(32-16-8-2)17-22(26)11-12-23-13-14-24(38-23)19-37(30,35-9-3)36-10-4/h11-14,17-18,28H,7-10,15-16,19-21H2,1-6H3/b12-11+. The van der Waals surface area contributed by atoms with Crippen LogP contribution in [0.2, 0.25) is 0 Å². The lowest BCUT2D eigenvalue weighted by Gasteiger charge is -2.35. The smallest absolute Gasteiger partial charge is 0.335 e. The maximum Gasteiger partial charge on any atom is 0.335 e. The number of hydrogen-bond acceptors (Lipinski definition) is 8. The molecule has 38 heavy (non-hydrogen) atoms. The van der Waals surface area contributed by atoms with E-state index in [4.69, 9.17) is 28.0 Å². The normalized spacial score (nSPS) is 16.3. The Kier molecular flexibility index (Phi) is 11.9. The zero-order chi connectivity index (χ0) is 27.6. The molecule has 1 aliphatic heterocycles. The monoisotopic (exact) mass is 566 g/mol. The summed E-state index contributed by atoms with van der Waals surface area (Å²) in [5, 5.41) is 0. The minimum absolute atomic E-state index is 0.0240. The quantitative estimate of drug-likeness (QED) is 0.201. The largest absolute Gasteiger partial charge is 0.493 e. The predicted octanol–water partition coefficient (Wildman–Crippen LogP) is 8.33. The zero-order valence-electron chi connectivity index (χ0n) is 23.6. The van der Waals surface area contributed by atoms with E-state index >= 15 is 0 Å². The first-order chi connectivity index (χ1) is 18.2. The van der Waals surface area contributed by atoms with Gasteiger partial charge < -0.3 is 28.0 Å². The fraction of sp³-hybridized carbons (Fsp3) is 0.586. The molecular formula is C29H43O7PS. The number of hydrogen-bond donors (Lipinski definition) is 0. The van der Waals surface area contributed by atoms with Gasteiger partial charge in [0.05, 0.1) is 51.4 Å². The highest BCUT2D eigenvalue weighted by Gasteiger charge is 2.31. The maximum atomic E-state index is 12.9. The molecule has 0 unspecified atom stereocenters. The Morgan fingerprint density at radius 3 is 2.18 bits per heavy atom. The Labute approximate surface area is 232 Å². The van der Waals surface area contributed by atoms with E-state index in [0.717, 1.165) is 45.2 Å². The van der Waals surface area contributed by atoms with E-state index < -0.39 is 13.9 Å². The van der Waals surface area contributed by atoms with Gasteiger partial charge in [-0.25, -0.2) is 0 Å². The first-order valence-electron chi connectivity index (χ1n) is 13.5. The Hall–Kier alpha value is -1.67. The SMILES string of the molecule is CCCOc1cc(C2OCC(C)(C)CO2)c(OCCC)cc1/C=C/c1ccc(CP(=O)(OCC)OCC)s1. The molecule has 2 aromatic rings. The summed E-state index contributed by atoms with van der Waals surface area (Å²) in [4.78, 5) is 1.98. The summed E-state index contributed by atoms with van der Waals surface area (Å²) in [7, 11) is -3.14. The maximum absolute atomic E-state index is 12.9. The molecule has 0 N–H and O–H groups in total. The van der Waals surface area contributed by atoms with Crippen LogP contribution in [0.25, 0.3) is 12.2 Å². The van der Waals surface area contributed by atoms with Gasteiger partial charge in [0.25, 0.3) is 0 Å². The second kappa shape index (κ2) is 14.6. The van der Waals surface area contributed by atoms with Crippen molar-refractivity contribution >= 4 is 31.1 Å². The fourth-order valence-electron chi connectivity index (χ4n) is 3.91. The molecule has 2 heterocycles. The molecule has 0 saturated carbocycles. The van der Waals surface area contributed by atoms with Crippen molar-refractivity contribution in [3.8, 4) is 11.5 Å². The number of thiophene rings is 1. The van der Waals surface area contributed by atoms with Crippen molar-refractivity contribution in [2.24, 2.45) is 5.41 Å². The summed E-state index contributed by atoms with van der Waals surface area (Å²) in [6.07, 6.45) is 5.62. The van der Waals surface area contributed by atoms with Crippen molar-refractivity contribution in [3.05, 3.63) is 45.1 Å². The molecule has 1 saturated heterocycles. The molecule has 7 nitrogen and oxygen atoms in total. The van der Waals surface area contributed by atoms with Crippen LogP contribution in [-0.2, 0) is 29.2 Å². The van der Waals surface area contributed by atoms with Crippen molar-refractivity contribution < 1.29 is 32.6 Å². The number of rotatable bonds is 15.